The van der Waals surface area contributed by atoms with Crippen LogP contribution in [0.5, 0.6) is 5.75 Å². The van der Waals surface area contributed by atoms with E-state index < -0.39 is 5.97 Å². The molecule has 1 aliphatic carbocycles. The Morgan fingerprint density at radius 3 is 2.90 bits per heavy atom. The van der Waals surface area contributed by atoms with E-state index in [9.17, 15) is 4.79 Å². The lowest BCUT2D eigenvalue weighted by Gasteiger charge is -2.08. The van der Waals surface area contributed by atoms with Crippen LogP contribution in [0.3, 0.4) is 0 Å². The molecule has 0 unspecified atom stereocenters. The van der Waals surface area contributed by atoms with Crippen molar-refractivity contribution in [2.24, 2.45) is 5.92 Å². The first-order chi connectivity index (χ1) is 9.69. The molecule has 1 saturated carbocycles. The zero-order chi connectivity index (χ0) is 14.4. The van der Waals surface area contributed by atoms with Gasteiger partial charge >= 0.3 is 5.97 Å². The summed E-state index contributed by atoms with van der Waals surface area (Å²) >= 11 is 0. The van der Waals surface area contributed by atoms with Crippen LogP contribution in [0, 0.1) is 5.92 Å². The van der Waals surface area contributed by atoms with Gasteiger partial charge in [0.15, 0.2) is 0 Å². The molecule has 0 atom stereocenters. The third kappa shape index (κ3) is 4.70. The fourth-order valence-electron chi connectivity index (χ4n) is 2.01. The molecular formula is C16H20O4. The average Bonchev–Trinajstić information content (AvgIpc) is 3.25. The number of ether oxygens (including phenoxy) is 2. The molecule has 1 aliphatic rings. The second kappa shape index (κ2) is 7.10. The minimum atomic E-state index is -0.974. The van der Waals surface area contributed by atoms with Crippen molar-refractivity contribution in [3.63, 3.8) is 0 Å². The van der Waals surface area contributed by atoms with Crippen LogP contribution >= 0.6 is 0 Å². The van der Waals surface area contributed by atoms with Crippen LogP contribution in [0.2, 0.25) is 0 Å². The number of hydrogen-bond donors (Lipinski definition) is 1. The lowest BCUT2D eigenvalue weighted by molar-refractivity contribution is -0.131. The van der Waals surface area contributed by atoms with E-state index in [-0.39, 0.29) is 0 Å². The number of hydrogen-bond acceptors (Lipinski definition) is 3. The summed E-state index contributed by atoms with van der Waals surface area (Å²) in [7, 11) is 1.57. The predicted octanol–water partition coefficient (Wildman–Crippen LogP) is 3.11. The highest BCUT2D eigenvalue weighted by atomic mass is 16.5. The van der Waals surface area contributed by atoms with Crippen molar-refractivity contribution in [2.75, 3.05) is 13.7 Å². The molecule has 0 radical (unpaired) electrons. The summed E-state index contributed by atoms with van der Waals surface area (Å²) in [6, 6.07) is 5.67. The van der Waals surface area contributed by atoms with Gasteiger partial charge in [0.05, 0.1) is 13.7 Å². The van der Waals surface area contributed by atoms with Crippen molar-refractivity contribution in [3.05, 3.63) is 35.4 Å². The number of aliphatic carboxylic acids is 1. The first-order valence-corrected chi connectivity index (χ1v) is 6.84. The van der Waals surface area contributed by atoms with Gasteiger partial charge in [0.2, 0.25) is 0 Å². The van der Waals surface area contributed by atoms with E-state index in [0.717, 1.165) is 36.1 Å². The monoisotopic (exact) mass is 276 g/mol. The maximum Gasteiger partial charge on any atom is 0.328 e. The molecule has 0 saturated heterocycles. The van der Waals surface area contributed by atoms with E-state index in [1.54, 1.807) is 7.11 Å². The van der Waals surface area contributed by atoms with Gasteiger partial charge in [-0.2, -0.15) is 0 Å². The van der Waals surface area contributed by atoms with Gasteiger partial charge in [-0.05, 0) is 36.1 Å². The fraction of sp³-hybridized carbons (Fsp3) is 0.438. The Kier molecular flexibility index (Phi) is 5.18. The zero-order valence-electron chi connectivity index (χ0n) is 11.7. The molecule has 1 fully saturated rings. The summed E-state index contributed by atoms with van der Waals surface area (Å²) in [6.45, 7) is 1.33. The number of carboxylic acid groups (broad SMARTS) is 1. The molecule has 0 heterocycles. The standard InChI is InChI=1S/C16H20O4/c1-19-15-6-4-13(10-14(15)5-7-16(17)18)11-20-9-8-12-2-3-12/h4-7,10,12H,2-3,8-9,11H2,1H3,(H,17,18)/b7-5+. The van der Waals surface area contributed by atoms with Crippen LogP contribution in [0.25, 0.3) is 6.08 Å². The minimum Gasteiger partial charge on any atom is -0.496 e. The Bertz CT molecular complexity index is 489. The Labute approximate surface area is 119 Å². The molecular weight excluding hydrogens is 256 g/mol. The average molecular weight is 276 g/mol. The molecule has 1 N–H and O–H groups in total. The molecule has 4 heteroatoms. The molecule has 1 aromatic rings. The zero-order valence-corrected chi connectivity index (χ0v) is 11.7. The van der Waals surface area contributed by atoms with Gasteiger partial charge in [-0.3, -0.25) is 0 Å². The lowest BCUT2D eigenvalue weighted by Crippen LogP contribution is -1.98. The van der Waals surface area contributed by atoms with Crippen LogP contribution in [-0.2, 0) is 16.1 Å². The van der Waals surface area contributed by atoms with Crippen LogP contribution in [0.1, 0.15) is 30.4 Å². The number of rotatable bonds is 8. The smallest absolute Gasteiger partial charge is 0.328 e. The molecule has 0 aromatic heterocycles. The van der Waals surface area contributed by atoms with Crippen LogP contribution in [0.15, 0.2) is 24.3 Å². The van der Waals surface area contributed by atoms with Gasteiger partial charge in [0.1, 0.15) is 5.75 Å². The van der Waals surface area contributed by atoms with Crippen LogP contribution in [-0.4, -0.2) is 24.8 Å². The largest absolute Gasteiger partial charge is 0.496 e. The normalized spacial score (nSPS) is 14.7. The van der Waals surface area contributed by atoms with Gasteiger partial charge in [-0.1, -0.05) is 18.9 Å². The second-order valence-electron chi connectivity index (χ2n) is 5.03. The van der Waals surface area contributed by atoms with Crippen LogP contribution < -0.4 is 4.74 Å². The quantitative estimate of drug-likeness (QED) is 0.585. The minimum absolute atomic E-state index is 0.546. The second-order valence-corrected chi connectivity index (χ2v) is 5.03. The van der Waals surface area contributed by atoms with E-state index in [1.165, 1.54) is 18.9 Å². The summed E-state index contributed by atoms with van der Waals surface area (Å²) < 4.78 is 10.9. The van der Waals surface area contributed by atoms with Gasteiger partial charge in [0, 0.05) is 18.2 Å². The molecule has 0 bridgehead atoms. The summed E-state index contributed by atoms with van der Waals surface area (Å²) in [5.41, 5.74) is 1.77. The number of benzene rings is 1. The molecule has 4 nitrogen and oxygen atoms in total. The molecule has 20 heavy (non-hydrogen) atoms. The van der Waals surface area contributed by atoms with E-state index in [4.69, 9.17) is 14.6 Å². The number of methoxy groups -OCH3 is 1. The maximum absolute atomic E-state index is 10.6. The number of carbonyl (C=O) groups is 1. The molecule has 0 amide bonds. The van der Waals surface area contributed by atoms with Crippen molar-refractivity contribution in [3.8, 4) is 5.75 Å². The topological polar surface area (TPSA) is 55.8 Å². The first kappa shape index (κ1) is 14.6. The number of carboxylic acids is 1. The molecule has 108 valence electrons. The first-order valence-electron chi connectivity index (χ1n) is 6.84. The van der Waals surface area contributed by atoms with E-state index in [0.29, 0.717) is 12.4 Å². The predicted molar refractivity (Wildman–Crippen MR) is 76.7 cm³/mol. The Balaban J connectivity index is 1.94. The summed E-state index contributed by atoms with van der Waals surface area (Å²) in [5, 5.41) is 8.69. The van der Waals surface area contributed by atoms with Crippen molar-refractivity contribution in [1.29, 1.82) is 0 Å². The maximum atomic E-state index is 10.6. The third-order valence-corrected chi connectivity index (χ3v) is 3.34. The highest BCUT2D eigenvalue weighted by molar-refractivity contribution is 5.85. The summed E-state index contributed by atoms with van der Waals surface area (Å²) in [4.78, 5) is 10.6. The highest BCUT2D eigenvalue weighted by Crippen LogP contribution is 2.32. The van der Waals surface area contributed by atoms with Gasteiger partial charge in [-0.25, -0.2) is 4.79 Å². The Hall–Kier alpha value is -1.81. The molecule has 0 aliphatic heterocycles. The summed E-state index contributed by atoms with van der Waals surface area (Å²) in [6.07, 6.45) is 6.47. The lowest BCUT2D eigenvalue weighted by atomic mass is 10.1. The van der Waals surface area contributed by atoms with E-state index in [2.05, 4.69) is 0 Å². The van der Waals surface area contributed by atoms with Gasteiger partial charge < -0.3 is 14.6 Å². The van der Waals surface area contributed by atoms with Crippen LogP contribution in [0.4, 0.5) is 0 Å². The highest BCUT2D eigenvalue weighted by Gasteiger charge is 2.20. The van der Waals surface area contributed by atoms with Crippen molar-refractivity contribution in [2.45, 2.75) is 25.9 Å². The van der Waals surface area contributed by atoms with E-state index >= 15 is 0 Å². The van der Waals surface area contributed by atoms with Gasteiger partial charge in [-0.15, -0.1) is 0 Å². The van der Waals surface area contributed by atoms with Crippen molar-refractivity contribution in [1.82, 2.24) is 0 Å². The summed E-state index contributed by atoms with van der Waals surface area (Å²) in [5.74, 6) is 0.558. The Morgan fingerprint density at radius 1 is 1.45 bits per heavy atom. The van der Waals surface area contributed by atoms with E-state index in [1.807, 2.05) is 18.2 Å². The fourth-order valence-corrected chi connectivity index (χ4v) is 2.01. The Morgan fingerprint density at radius 2 is 2.25 bits per heavy atom. The van der Waals surface area contributed by atoms with Crippen molar-refractivity contribution < 1.29 is 19.4 Å². The molecule has 2 rings (SSSR count). The van der Waals surface area contributed by atoms with Crippen molar-refractivity contribution >= 4 is 12.0 Å². The SMILES string of the molecule is COc1ccc(COCCC2CC2)cc1/C=C/C(=O)O. The third-order valence-electron chi connectivity index (χ3n) is 3.34. The molecule has 0 spiro atoms. The van der Waals surface area contributed by atoms with Gasteiger partial charge in [0.25, 0.3) is 0 Å². The molecule has 1 aromatic carbocycles.